The van der Waals surface area contributed by atoms with E-state index in [4.69, 9.17) is 21.1 Å². The minimum atomic E-state index is -3.34. The number of benzene rings is 3. The van der Waals surface area contributed by atoms with Gasteiger partial charge in [-0.05, 0) is 60.2 Å². The molecule has 0 amide bonds. The number of fused-ring (bicyclic) bond motifs is 1. The summed E-state index contributed by atoms with van der Waals surface area (Å²) in [5.74, 6) is 1.61. The van der Waals surface area contributed by atoms with E-state index in [1.165, 1.54) is 29.0 Å². The fourth-order valence-electron chi connectivity index (χ4n) is 3.79. The third kappa shape index (κ3) is 5.87. The third-order valence-electron chi connectivity index (χ3n) is 5.63. The normalized spacial score (nSPS) is 13.3. The summed E-state index contributed by atoms with van der Waals surface area (Å²) in [6.07, 6.45) is 7.32. The Labute approximate surface area is 224 Å². The molecule has 0 aliphatic carbocycles. The Kier molecular flexibility index (Phi) is 7.17. The molecule has 0 saturated heterocycles. The molecule has 1 aliphatic heterocycles. The molecule has 194 valence electrons. The van der Waals surface area contributed by atoms with Crippen LogP contribution in [0.5, 0.6) is 11.5 Å². The summed E-state index contributed by atoms with van der Waals surface area (Å²) >= 11 is 6.46. The molecule has 1 aliphatic rings. The average molecular weight is 553 g/mol. The zero-order valence-electron chi connectivity index (χ0n) is 20.1. The van der Waals surface area contributed by atoms with Gasteiger partial charge in [-0.2, -0.15) is 0 Å². The van der Waals surface area contributed by atoms with Gasteiger partial charge in [0.2, 0.25) is 10.0 Å². The number of hydrogen-bond acceptors (Lipinski definition) is 7. The van der Waals surface area contributed by atoms with Crippen LogP contribution in [-0.4, -0.2) is 35.5 Å². The van der Waals surface area contributed by atoms with Crippen LogP contribution < -0.4 is 14.8 Å². The summed E-state index contributed by atoms with van der Waals surface area (Å²) in [7, 11) is -3.34. The van der Waals surface area contributed by atoms with E-state index in [1.807, 2.05) is 12.1 Å². The standard InChI is InChI=1S/C27H22ClFN4O4S/c1-38(34,35)33-12-10-21(11-13-33)37-25-7-3-6-23-26(25)27(31-17-30-23)32-20-8-9-24(22(28)15-20)36-16-18-4-2-5-19(29)14-18/h2-12,14-15,17H,13,16H2,1H3,(H,30,31,32). The van der Waals surface area contributed by atoms with Crippen LogP contribution in [0.3, 0.4) is 0 Å². The second-order valence-electron chi connectivity index (χ2n) is 8.42. The molecule has 8 nitrogen and oxygen atoms in total. The predicted molar refractivity (Wildman–Crippen MR) is 144 cm³/mol. The van der Waals surface area contributed by atoms with Gasteiger partial charge in [0.25, 0.3) is 0 Å². The van der Waals surface area contributed by atoms with E-state index in [-0.39, 0.29) is 19.0 Å². The van der Waals surface area contributed by atoms with Crippen molar-refractivity contribution in [2.75, 3.05) is 18.1 Å². The smallest absolute Gasteiger partial charge is 0.232 e. The topological polar surface area (TPSA) is 93.7 Å². The van der Waals surface area contributed by atoms with Crippen molar-refractivity contribution in [1.29, 1.82) is 0 Å². The number of ether oxygens (including phenoxy) is 2. The number of hydrogen-bond donors (Lipinski definition) is 1. The second kappa shape index (κ2) is 10.7. The van der Waals surface area contributed by atoms with E-state index in [0.717, 1.165) is 6.26 Å². The van der Waals surface area contributed by atoms with E-state index >= 15 is 0 Å². The van der Waals surface area contributed by atoms with Gasteiger partial charge in [-0.25, -0.2) is 22.8 Å². The van der Waals surface area contributed by atoms with E-state index in [2.05, 4.69) is 15.3 Å². The lowest BCUT2D eigenvalue weighted by atomic mass is 10.2. The van der Waals surface area contributed by atoms with Crippen molar-refractivity contribution in [2.45, 2.75) is 6.61 Å². The molecule has 38 heavy (non-hydrogen) atoms. The molecule has 1 N–H and O–H groups in total. The van der Waals surface area contributed by atoms with Gasteiger partial charge in [-0.15, -0.1) is 0 Å². The SMILES string of the molecule is CS(=O)(=O)N1C=CC(Oc2cccc3ncnc(Nc4ccc(OCc5cccc(F)c5)c(Cl)c4)c23)=CC1. The zero-order valence-corrected chi connectivity index (χ0v) is 21.7. The van der Waals surface area contributed by atoms with E-state index in [0.29, 0.717) is 50.3 Å². The van der Waals surface area contributed by atoms with Crippen molar-refractivity contribution < 1.29 is 22.3 Å². The molecular formula is C27H22ClFN4O4S. The van der Waals surface area contributed by atoms with Crippen LogP contribution in [0.15, 0.2) is 91.1 Å². The number of halogens is 2. The van der Waals surface area contributed by atoms with Gasteiger partial charge in [-0.1, -0.05) is 29.8 Å². The summed E-state index contributed by atoms with van der Waals surface area (Å²) in [5, 5.41) is 4.26. The molecule has 11 heteroatoms. The monoisotopic (exact) mass is 552 g/mol. The molecular weight excluding hydrogens is 531 g/mol. The highest BCUT2D eigenvalue weighted by Gasteiger charge is 2.17. The molecule has 1 aromatic heterocycles. The summed E-state index contributed by atoms with van der Waals surface area (Å²) < 4.78 is 50.0. The van der Waals surface area contributed by atoms with Gasteiger partial charge in [0.05, 0.1) is 28.7 Å². The average Bonchev–Trinajstić information content (AvgIpc) is 2.88. The first-order valence-corrected chi connectivity index (χ1v) is 13.7. The first-order valence-electron chi connectivity index (χ1n) is 11.5. The van der Waals surface area contributed by atoms with Crippen molar-refractivity contribution in [3.63, 3.8) is 0 Å². The molecule has 0 saturated carbocycles. The van der Waals surface area contributed by atoms with Crippen molar-refractivity contribution in [3.8, 4) is 11.5 Å². The molecule has 0 unspecified atom stereocenters. The van der Waals surface area contributed by atoms with Crippen molar-refractivity contribution in [3.05, 3.63) is 108 Å². The van der Waals surface area contributed by atoms with E-state index in [1.54, 1.807) is 48.6 Å². The van der Waals surface area contributed by atoms with Crippen molar-refractivity contribution in [1.82, 2.24) is 14.3 Å². The third-order valence-corrected chi connectivity index (χ3v) is 7.05. The first kappa shape index (κ1) is 25.5. The molecule has 5 rings (SSSR count). The Morgan fingerprint density at radius 1 is 1.08 bits per heavy atom. The lowest BCUT2D eigenvalue weighted by molar-refractivity contribution is 0.306. The summed E-state index contributed by atoms with van der Waals surface area (Å²) in [6, 6.07) is 16.8. The van der Waals surface area contributed by atoms with Crippen LogP contribution in [-0.2, 0) is 16.6 Å². The lowest BCUT2D eigenvalue weighted by Crippen LogP contribution is -2.26. The lowest BCUT2D eigenvalue weighted by Gasteiger charge is -2.20. The molecule has 0 bridgehead atoms. The summed E-state index contributed by atoms with van der Waals surface area (Å²) in [5.41, 5.74) is 2.00. The highest BCUT2D eigenvalue weighted by Crippen LogP contribution is 2.35. The molecule has 2 heterocycles. The zero-order chi connectivity index (χ0) is 26.7. The summed E-state index contributed by atoms with van der Waals surface area (Å²) in [4.78, 5) is 8.74. The van der Waals surface area contributed by atoms with Gasteiger partial charge in [-0.3, -0.25) is 4.31 Å². The Hall–Kier alpha value is -4.15. The van der Waals surface area contributed by atoms with Gasteiger partial charge in [0.15, 0.2) is 0 Å². The Bertz CT molecular complexity index is 1670. The van der Waals surface area contributed by atoms with Crippen molar-refractivity contribution in [2.24, 2.45) is 0 Å². The second-order valence-corrected chi connectivity index (χ2v) is 10.8. The Morgan fingerprint density at radius 3 is 2.66 bits per heavy atom. The van der Waals surface area contributed by atoms with E-state index < -0.39 is 10.0 Å². The largest absolute Gasteiger partial charge is 0.487 e. The molecule has 0 spiro atoms. The molecule has 0 fully saturated rings. The molecule has 0 radical (unpaired) electrons. The number of allylic oxidation sites excluding steroid dienone is 1. The molecule has 4 aromatic rings. The quantitative estimate of drug-likeness (QED) is 0.295. The van der Waals surface area contributed by atoms with E-state index in [9.17, 15) is 12.8 Å². The molecule has 3 aromatic carbocycles. The van der Waals surface area contributed by atoms with Crippen LogP contribution in [0.1, 0.15) is 5.56 Å². The van der Waals surface area contributed by atoms with Gasteiger partial charge >= 0.3 is 0 Å². The van der Waals surface area contributed by atoms with Gasteiger partial charge in [0.1, 0.15) is 41.8 Å². The fourth-order valence-corrected chi connectivity index (χ4v) is 4.65. The van der Waals surface area contributed by atoms with Gasteiger partial charge < -0.3 is 14.8 Å². The number of sulfonamides is 1. The highest BCUT2D eigenvalue weighted by atomic mass is 35.5. The Morgan fingerprint density at radius 2 is 1.92 bits per heavy atom. The highest BCUT2D eigenvalue weighted by molar-refractivity contribution is 7.88. The maximum Gasteiger partial charge on any atom is 0.232 e. The number of aromatic nitrogens is 2. The predicted octanol–water partition coefficient (Wildman–Crippen LogP) is 5.80. The number of nitrogens with one attached hydrogen (secondary N) is 1. The minimum Gasteiger partial charge on any atom is -0.487 e. The molecule has 0 atom stereocenters. The van der Waals surface area contributed by atoms with Gasteiger partial charge in [0, 0.05) is 11.9 Å². The first-order chi connectivity index (χ1) is 18.3. The van der Waals surface area contributed by atoms with Crippen LogP contribution in [0.2, 0.25) is 5.02 Å². The van der Waals surface area contributed by atoms with Crippen LogP contribution in [0.4, 0.5) is 15.9 Å². The van der Waals surface area contributed by atoms with Crippen molar-refractivity contribution >= 4 is 44.0 Å². The van der Waals surface area contributed by atoms with Crippen LogP contribution in [0.25, 0.3) is 10.9 Å². The number of nitrogens with zero attached hydrogens (tertiary/aromatic N) is 3. The minimum absolute atomic E-state index is 0.170. The number of rotatable bonds is 8. The van der Waals surface area contributed by atoms with Crippen LogP contribution >= 0.6 is 11.6 Å². The maximum absolute atomic E-state index is 13.4. The Balaban J connectivity index is 1.36. The summed E-state index contributed by atoms with van der Waals surface area (Å²) in [6.45, 7) is 0.344. The fraction of sp³-hybridized carbons (Fsp3) is 0.111. The van der Waals surface area contributed by atoms with Crippen LogP contribution in [0, 0.1) is 5.82 Å². The maximum atomic E-state index is 13.4. The number of anilines is 2.